The summed E-state index contributed by atoms with van der Waals surface area (Å²) in [7, 11) is 0. The van der Waals surface area contributed by atoms with Gasteiger partial charge in [0.15, 0.2) is 0 Å². The Labute approximate surface area is 127 Å². The van der Waals surface area contributed by atoms with Crippen LogP contribution in [0, 0.1) is 0 Å². The molecule has 0 saturated carbocycles. The van der Waals surface area contributed by atoms with Crippen molar-refractivity contribution in [1.29, 1.82) is 0 Å². The zero-order valence-corrected chi connectivity index (χ0v) is 13.0. The maximum Gasteiger partial charge on any atom is 0.248 e. The average molecular weight is 289 g/mol. The lowest BCUT2D eigenvalue weighted by Gasteiger charge is -2.33. The van der Waals surface area contributed by atoms with Gasteiger partial charge in [0, 0.05) is 18.2 Å². The second kappa shape index (κ2) is 8.15. The van der Waals surface area contributed by atoms with Gasteiger partial charge in [-0.3, -0.25) is 4.79 Å². The Morgan fingerprint density at radius 2 is 2.10 bits per heavy atom. The van der Waals surface area contributed by atoms with Crippen LogP contribution in [0.2, 0.25) is 0 Å². The fraction of sp³-hybridized carbons (Fsp3) is 0.588. The van der Waals surface area contributed by atoms with Gasteiger partial charge in [-0.15, -0.1) is 0 Å². The molecule has 1 saturated heterocycles. The molecule has 1 aromatic rings. The number of carbonyl (C=O) groups excluding carboxylic acids is 1. The number of primary amides is 1. The van der Waals surface area contributed by atoms with E-state index in [1.165, 1.54) is 44.3 Å². The molecule has 1 heterocycles. The summed E-state index contributed by atoms with van der Waals surface area (Å²) >= 11 is 0. The lowest BCUT2D eigenvalue weighted by Crippen LogP contribution is -2.38. The Kier molecular flexibility index (Phi) is 6.21. The molecule has 4 heteroatoms. The fourth-order valence-electron chi connectivity index (χ4n) is 2.92. The zero-order valence-electron chi connectivity index (χ0n) is 13.0. The Morgan fingerprint density at radius 3 is 2.76 bits per heavy atom. The van der Waals surface area contributed by atoms with Gasteiger partial charge in [-0.05, 0) is 63.5 Å². The van der Waals surface area contributed by atoms with Crippen LogP contribution in [0.25, 0.3) is 0 Å². The van der Waals surface area contributed by atoms with Crippen molar-refractivity contribution in [2.75, 3.05) is 19.6 Å². The number of hydrogen-bond acceptors (Lipinski definition) is 3. The maximum absolute atomic E-state index is 11.0. The first-order valence-corrected chi connectivity index (χ1v) is 8.00. The third-order valence-corrected chi connectivity index (χ3v) is 4.31. The largest absolute Gasteiger partial charge is 0.366 e. The van der Waals surface area contributed by atoms with E-state index in [-0.39, 0.29) is 5.91 Å². The molecule has 0 aliphatic carbocycles. The number of amides is 1. The predicted octanol–water partition coefficient (Wildman–Crippen LogP) is 2.14. The summed E-state index contributed by atoms with van der Waals surface area (Å²) in [4.78, 5) is 13.6. The number of likely N-dealkylation sites (tertiary alicyclic amines) is 1. The molecule has 2 rings (SSSR count). The molecule has 0 radical (unpaired) electrons. The molecule has 116 valence electrons. The standard InChI is InChI=1S/C17H27N3O/c1-14-5-2-3-11-20(14)12-4-10-19-13-15-6-8-16(9-7-15)17(18)21/h6-9,14,19H,2-5,10-13H2,1H3,(H2,18,21). The van der Waals surface area contributed by atoms with Gasteiger partial charge in [0.05, 0.1) is 0 Å². The zero-order chi connectivity index (χ0) is 15.1. The first-order chi connectivity index (χ1) is 10.2. The van der Waals surface area contributed by atoms with Gasteiger partial charge in [0.25, 0.3) is 0 Å². The number of benzene rings is 1. The molecule has 1 unspecified atom stereocenters. The Bertz CT molecular complexity index is 444. The van der Waals surface area contributed by atoms with E-state index < -0.39 is 0 Å². The van der Waals surface area contributed by atoms with Crippen LogP contribution in [-0.2, 0) is 6.54 Å². The lowest BCUT2D eigenvalue weighted by atomic mass is 10.0. The summed E-state index contributed by atoms with van der Waals surface area (Å²) in [5, 5.41) is 3.46. The monoisotopic (exact) mass is 289 g/mol. The van der Waals surface area contributed by atoms with Crippen molar-refractivity contribution in [2.45, 2.75) is 45.2 Å². The van der Waals surface area contributed by atoms with Crippen molar-refractivity contribution in [3.63, 3.8) is 0 Å². The summed E-state index contributed by atoms with van der Waals surface area (Å²) in [6.45, 7) is 6.66. The summed E-state index contributed by atoms with van der Waals surface area (Å²) in [6, 6.07) is 8.24. The van der Waals surface area contributed by atoms with Crippen molar-refractivity contribution in [3.05, 3.63) is 35.4 Å². The number of carbonyl (C=O) groups is 1. The van der Waals surface area contributed by atoms with Crippen LogP contribution in [0.5, 0.6) is 0 Å². The molecule has 0 bridgehead atoms. The van der Waals surface area contributed by atoms with E-state index in [0.717, 1.165) is 19.1 Å². The second-order valence-corrected chi connectivity index (χ2v) is 5.97. The Morgan fingerprint density at radius 1 is 1.33 bits per heavy atom. The smallest absolute Gasteiger partial charge is 0.248 e. The van der Waals surface area contributed by atoms with Gasteiger partial charge >= 0.3 is 0 Å². The molecule has 1 aliphatic rings. The number of nitrogens with one attached hydrogen (secondary N) is 1. The van der Waals surface area contributed by atoms with Crippen molar-refractivity contribution in [2.24, 2.45) is 5.73 Å². The molecule has 1 fully saturated rings. The minimum atomic E-state index is -0.370. The van der Waals surface area contributed by atoms with E-state index >= 15 is 0 Å². The lowest BCUT2D eigenvalue weighted by molar-refractivity contribution is 0.100. The number of piperidine rings is 1. The van der Waals surface area contributed by atoms with E-state index in [1.54, 1.807) is 12.1 Å². The normalized spacial score (nSPS) is 19.6. The van der Waals surface area contributed by atoms with Crippen LogP contribution in [0.1, 0.15) is 48.5 Å². The molecule has 0 aromatic heterocycles. The van der Waals surface area contributed by atoms with Crippen LogP contribution in [0.15, 0.2) is 24.3 Å². The Balaban J connectivity index is 1.62. The van der Waals surface area contributed by atoms with Crippen molar-refractivity contribution in [1.82, 2.24) is 10.2 Å². The predicted molar refractivity (Wildman–Crippen MR) is 86.2 cm³/mol. The number of nitrogens with two attached hydrogens (primary N) is 1. The molecule has 3 N–H and O–H groups in total. The van der Waals surface area contributed by atoms with Gasteiger partial charge < -0.3 is 16.0 Å². The van der Waals surface area contributed by atoms with Crippen LogP contribution in [0.4, 0.5) is 0 Å². The quantitative estimate of drug-likeness (QED) is 0.756. The van der Waals surface area contributed by atoms with E-state index in [2.05, 4.69) is 17.1 Å². The van der Waals surface area contributed by atoms with Gasteiger partial charge in [-0.25, -0.2) is 0 Å². The first-order valence-electron chi connectivity index (χ1n) is 8.00. The molecule has 1 aliphatic heterocycles. The highest BCUT2D eigenvalue weighted by Gasteiger charge is 2.16. The molecule has 1 atom stereocenters. The Hall–Kier alpha value is -1.39. The van der Waals surface area contributed by atoms with Gasteiger partial charge in [-0.2, -0.15) is 0 Å². The van der Waals surface area contributed by atoms with Crippen molar-refractivity contribution < 1.29 is 4.79 Å². The van der Waals surface area contributed by atoms with Crippen molar-refractivity contribution >= 4 is 5.91 Å². The fourth-order valence-corrected chi connectivity index (χ4v) is 2.92. The van der Waals surface area contributed by atoms with Gasteiger partial charge in [0.2, 0.25) is 5.91 Å². The summed E-state index contributed by atoms with van der Waals surface area (Å²) in [5.41, 5.74) is 6.98. The average Bonchev–Trinajstić information content (AvgIpc) is 2.49. The van der Waals surface area contributed by atoms with Crippen LogP contribution in [0.3, 0.4) is 0 Å². The molecule has 21 heavy (non-hydrogen) atoms. The second-order valence-electron chi connectivity index (χ2n) is 5.97. The van der Waals surface area contributed by atoms with Gasteiger partial charge in [-0.1, -0.05) is 18.6 Å². The molecular formula is C17H27N3O. The highest BCUT2D eigenvalue weighted by atomic mass is 16.1. The minimum Gasteiger partial charge on any atom is -0.366 e. The summed E-state index contributed by atoms with van der Waals surface area (Å²) < 4.78 is 0. The van der Waals surface area contributed by atoms with Crippen LogP contribution in [-0.4, -0.2) is 36.5 Å². The van der Waals surface area contributed by atoms with Crippen LogP contribution < -0.4 is 11.1 Å². The SMILES string of the molecule is CC1CCCCN1CCCNCc1ccc(C(N)=O)cc1. The molecule has 4 nitrogen and oxygen atoms in total. The molecular weight excluding hydrogens is 262 g/mol. The molecule has 0 spiro atoms. The summed E-state index contributed by atoms with van der Waals surface area (Å²) in [6.07, 6.45) is 5.27. The number of nitrogens with zero attached hydrogens (tertiary/aromatic N) is 1. The number of rotatable bonds is 7. The highest BCUT2D eigenvalue weighted by molar-refractivity contribution is 5.92. The molecule has 1 amide bonds. The van der Waals surface area contributed by atoms with Crippen molar-refractivity contribution in [3.8, 4) is 0 Å². The summed E-state index contributed by atoms with van der Waals surface area (Å²) in [5.74, 6) is -0.370. The highest BCUT2D eigenvalue weighted by Crippen LogP contribution is 2.16. The third kappa shape index (κ3) is 5.14. The van der Waals surface area contributed by atoms with Crippen LogP contribution >= 0.6 is 0 Å². The minimum absolute atomic E-state index is 0.370. The maximum atomic E-state index is 11.0. The topological polar surface area (TPSA) is 58.4 Å². The van der Waals surface area contributed by atoms with E-state index in [9.17, 15) is 4.79 Å². The van der Waals surface area contributed by atoms with Gasteiger partial charge in [0.1, 0.15) is 0 Å². The van der Waals surface area contributed by atoms with E-state index in [4.69, 9.17) is 5.73 Å². The number of hydrogen-bond donors (Lipinski definition) is 2. The first kappa shape index (κ1) is 16.0. The van der Waals surface area contributed by atoms with E-state index in [0.29, 0.717) is 5.56 Å². The molecule has 1 aromatic carbocycles. The third-order valence-electron chi connectivity index (χ3n) is 4.31. The van der Waals surface area contributed by atoms with E-state index in [1.807, 2.05) is 12.1 Å².